The van der Waals surface area contributed by atoms with Gasteiger partial charge in [-0.05, 0) is 37.6 Å². The van der Waals surface area contributed by atoms with Crippen molar-refractivity contribution in [3.05, 3.63) is 41.5 Å². The molecule has 0 atom stereocenters. The third kappa shape index (κ3) is 4.11. The van der Waals surface area contributed by atoms with Crippen molar-refractivity contribution >= 4 is 17.3 Å². The summed E-state index contributed by atoms with van der Waals surface area (Å²) in [5, 5.41) is 3.09. The number of benzene rings is 1. The Kier molecular flexibility index (Phi) is 5.02. The molecule has 4 N–H and O–H groups in total. The van der Waals surface area contributed by atoms with Crippen LogP contribution in [0.25, 0.3) is 0 Å². The molecule has 0 amide bonds. The molecule has 21 heavy (non-hydrogen) atoms. The van der Waals surface area contributed by atoms with Gasteiger partial charge >= 0.3 is 0 Å². The fourth-order valence-electron chi connectivity index (χ4n) is 1.76. The van der Waals surface area contributed by atoms with E-state index in [-0.39, 0.29) is 5.82 Å². The van der Waals surface area contributed by atoms with Crippen molar-refractivity contribution in [2.45, 2.75) is 20.5 Å². The van der Waals surface area contributed by atoms with Gasteiger partial charge in [-0.3, -0.25) is 0 Å². The summed E-state index contributed by atoms with van der Waals surface area (Å²) in [6, 6.07) is 6.41. The van der Waals surface area contributed by atoms with Crippen LogP contribution in [-0.2, 0) is 11.3 Å². The van der Waals surface area contributed by atoms with Crippen molar-refractivity contribution in [2.24, 2.45) is 5.84 Å². The number of nitrogens with two attached hydrogens (primary N) is 1. The Hall–Kier alpha value is -2.25. The lowest BCUT2D eigenvalue weighted by molar-refractivity contribution is 0.128. The maximum atomic E-state index is 13.3. The van der Waals surface area contributed by atoms with E-state index < -0.39 is 0 Å². The summed E-state index contributed by atoms with van der Waals surface area (Å²) in [6.07, 6.45) is 0. The Balaban J connectivity index is 2.23. The molecule has 2 rings (SSSR count). The molecule has 0 saturated carbocycles. The summed E-state index contributed by atoms with van der Waals surface area (Å²) >= 11 is 0. The highest BCUT2D eigenvalue weighted by molar-refractivity contribution is 5.59. The third-order valence-electron chi connectivity index (χ3n) is 2.79. The molecule has 0 fully saturated rings. The fourth-order valence-corrected chi connectivity index (χ4v) is 1.76. The second-order valence-corrected chi connectivity index (χ2v) is 4.43. The van der Waals surface area contributed by atoms with Crippen LogP contribution in [-0.4, -0.2) is 16.6 Å². The van der Waals surface area contributed by atoms with Gasteiger partial charge in [0.25, 0.3) is 0 Å². The summed E-state index contributed by atoms with van der Waals surface area (Å²) < 4.78 is 18.6. The van der Waals surface area contributed by atoms with Crippen LogP contribution in [0.2, 0.25) is 0 Å². The summed E-state index contributed by atoms with van der Waals surface area (Å²) in [4.78, 5) is 8.52. The molecule has 6 nitrogen and oxygen atoms in total. The molecule has 112 valence electrons. The van der Waals surface area contributed by atoms with Gasteiger partial charge in [-0.15, -0.1) is 0 Å². The van der Waals surface area contributed by atoms with Gasteiger partial charge < -0.3 is 15.5 Å². The third-order valence-corrected chi connectivity index (χ3v) is 2.79. The molecule has 0 bridgehead atoms. The summed E-state index contributed by atoms with van der Waals surface area (Å²) in [5.41, 5.74) is 3.77. The zero-order valence-corrected chi connectivity index (χ0v) is 12.0. The van der Waals surface area contributed by atoms with Crippen molar-refractivity contribution in [1.82, 2.24) is 9.97 Å². The van der Waals surface area contributed by atoms with Crippen LogP contribution in [0.1, 0.15) is 18.3 Å². The Morgan fingerprint density at radius 2 is 2.00 bits per heavy atom. The fraction of sp³-hybridized carbons (Fsp3) is 0.286. The SMILES string of the molecule is CCOCc1nc(NN)cc(Nc2ccc(F)c(C)c2)n1. The molecule has 7 heteroatoms. The van der Waals surface area contributed by atoms with Crippen LogP contribution in [0.3, 0.4) is 0 Å². The summed E-state index contributed by atoms with van der Waals surface area (Å²) in [7, 11) is 0. The lowest BCUT2D eigenvalue weighted by Crippen LogP contribution is -2.12. The van der Waals surface area contributed by atoms with E-state index in [0.717, 1.165) is 5.69 Å². The van der Waals surface area contributed by atoms with Crippen molar-refractivity contribution in [1.29, 1.82) is 0 Å². The summed E-state index contributed by atoms with van der Waals surface area (Å²) in [5.74, 6) is 6.68. The number of nitrogens with zero attached hydrogens (tertiary/aromatic N) is 2. The van der Waals surface area contributed by atoms with Crippen LogP contribution >= 0.6 is 0 Å². The lowest BCUT2D eigenvalue weighted by atomic mass is 10.2. The average Bonchev–Trinajstić information content (AvgIpc) is 2.48. The number of ether oxygens (including phenoxy) is 1. The monoisotopic (exact) mass is 291 g/mol. The maximum Gasteiger partial charge on any atom is 0.158 e. The number of rotatable bonds is 6. The number of hydrazine groups is 1. The number of halogens is 1. The zero-order valence-electron chi connectivity index (χ0n) is 12.0. The van der Waals surface area contributed by atoms with Gasteiger partial charge in [-0.2, -0.15) is 0 Å². The highest BCUT2D eigenvalue weighted by atomic mass is 19.1. The molecule has 0 aliphatic rings. The van der Waals surface area contributed by atoms with E-state index in [0.29, 0.717) is 36.2 Å². The van der Waals surface area contributed by atoms with E-state index in [1.54, 1.807) is 25.1 Å². The Bertz CT molecular complexity index is 620. The highest BCUT2D eigenvalue weighted by Crippen LogP contribution is 2.19. The number of nitrogen functional groups attached to an aromatic ring is 1. The molecule has 0 aliphatic carbocycles. The van der Waals surface area contributed by atoms with Gasteiger partial charge in [0, 0.05) is 18.4 Å². The molecule has 1 heterocycles. The topological polar surface area (TPSA) is 85.1 Å². The number of anilines is 3. The second-order valence-electron chi connectivity index (χ2n) is 4.43. The minimum Gasteiger partial charge on any atom is -0.374 e. The molecule has 1 aromatic heterocycles. The Morgan fingerprint density at radius 1 is 1.24 bits per heavy atom. The Labute approximate surface area is 122 Å². The number of aryl methyl sites for hydroxylation is 1. The number of hydrogen-bond acceptors (Lipinski definition) is 6. The normalized spacial score (nSPS) is 10.5. The minimum absolute atomic E-state index is 0.246. The largest absolute Gasteiger partial charge is 0.374 e. The summed E-state index contributed by atoms with van der Waals surface area (Å²) in [6.45, 7) is 4.46. The van der Waals surface area contributed by atoms with Crippen LogP contribution in [0.15, 0.2) is 24.3 Å². The van der Waals surface area contributed by atoms with E-state index in [1.807, 2.05) is 6.92 Å². The van der Waals surface area contributed by atoms with E-state index in [9.17, 15) is 4.39 Å². The number of nitrogens with one attached hydrogen (secondary N) is 2. The Morgan fingerprint density at radius 3 is 2.67 bits per heavy atom. The first-order valence-corrected chi connectivity index (χ1v) is 6.58. The molecule has 2 aromatic rings. The first kappa shape index (κ1) is 15.1. The predicted molar refractivity (Wildman–Crippen MR) is 79.6 cm³/mol. The van der Waals surface area contributed by atoms with Crippen LogP contribution in [0, 0.1) is 12.7 Å². The number of aromatic nitrogens is 2. The number of hydrogen-bond donors (Lipinski definition) is 3. The van der Waals surface area contributed by atoms with Crippen LogP contribution in [0.4, 0.5) is 21.7 Å². The second kappa shape index (κ2) is 6.96. The van der Waals surface area contributed by atoms with Crippen LogP contribution < -0.4 is 16.6 Å². The van der Waals surface area contributed by atoms with Crippen molar-refractivity contribution in [2.75, 3.05) is 17.3 Å². The van der Waals surface area contributed by atoms with E-state index in [4.69, 9.17) is 10.6 Å². The molecule has 0 spiro atoms. The molecule has 0 saturated heterocycles. The van der Waals surface area contributed by atoms with Gasteiger partial charge in [-0.1, -0.05) is 0 Å². The minimum atomic E-state index is -0.246. The van der Waals surface area contributed by atoms with Crippen LogP contribution in [0.5, 0.6) is 0 Å². The van der Waals surface area contributed by atoms with E-state index in [2.05, 4.69) is 20.7 Å². The molecular formula is C14H18FN5O. The van der Waals surface area contributed by atoms with Gasteiger partial charge in [0.2, 0.25) is 0 Å². The van der Waals surface area contributed by atoms with Crippen molar-refractivity contribution in [3.8, 4) is 0 Å². The standard InChI is InChI=1S/C14H18FN5O/c1-3-21-8-14-18-12(7-13(19-14)20-16)17-10-4-5-11(15)9(2)6-10/h4-7H,3,8,16H2,1-2H3,(H2,17,18,19,20). The molecule has 1 aromatic carbocycles. The quantitative estimate of drug-likeness (QED) is 0.560. The maximum absolute atomic E-state index is 13.3. The predicted octanol–water partition coefficient (Wildman–Crippen LogP) is 2.49. The zero-order chi connectivity index (χ0) is 15.2. The van der Waals surface area contributed by atoms with Gasteiger partial charge in [0.15, 0.2) is 5.82 Å². The average molecular weight is 291 g/mol. The smallest absolute Gasteiger partial charge is 0.158 e. The molecule has 0 aliphatic heterocycles. The van der Waals surface area contributed by atoms with Gasteiger partial charge in [0.05, 0.1) is 0 Å². The van der Waals surface area contributed by atoms with Crippen molar-refractivity contribution < 1.29 is 9.13 Å². The lowest BCUT2D eigenvalue weighted by Gasteiger charge is -2.10. The van der Waals surface area contributed by atoms with Crippen molar-refractivity contribution in [3.63, 3.8) is 0 Å². The first-order valence-electron chi connectivity index (χ1n) is 6.58. The van der Waals surface area contributed by atoms with E-state index >= 15 is 0 Å². The highest BCUT2D eigenvalue weighted by Gasteiger charge is 2.06. The first-order chi connectivity index (χ1) is 10.1. The molecular weight excluding hydrogens is 273 g/mol. The molecule has 0 radical (unpaired) electrons. The van der Waals surface area contributed by atoms with Gasteiger partial charge in [0.1, 0.15) is 24.1 Å². The molecule has 0 unspecified atom stereocenters. The van der Waals surface area contributed by atoms with E-state index in [1.165, 1.54) is 6.07 Å². The van der Waals surface area contributed by atoms with Gasteiger partial charge in [-0.25, -0.2) is 20.2 Å².